The van der Waals surface area contributed by atoms with Crippen LogP contribution in [-0.2, 0) is 16.0 Å². The summed E-state index contributed by atoms with van der Waals surface area (Å²) in [6.07, 6.45) is 0.720. The van der Waals surface area contributed by atoms with Crippen LogP contribution >= 0.6 is 0 Å². The first-order valence-electron chi connectivity index (χ1n) is 4.77. The second-order valence-corrected chi connectivity index (χ2v) is 3.22. The standard InChI is InChI=1S/C13H14O2/c1-3-12(10-15-11(2)14)9-13-7-5-4-6-8-13/h4-8H,1,9-10H2,2H3. The molecule has 15 heavy (non-hydrogen) atoms. The highest BCUT2D eigenvalue weighted by atomic mass is 16.5. The van der Waals surface area contributed by atoms with Crippen molar-refractivity contribution in [1.29, 1.82) is 0 Å². The molecule has 0 saturated heterocycles. The maximum Gasteiger partial charge on any atom is 0.302 e. The van der Waals surface area contributed by atoms with Crippen molar-refractivity contribution >= 4 is 5.97 Å². The smallest absolute Gasteiger partial charge is 0.302 e. The maximum absolute atomic E-state index is 10.6. The van der Waals surface area contributed by atoms with Crippen LogP contribution in [0.2, 0.25) is 0 Å². The lowest BCUT2D eigenvalue weighted by atomic mass is 10.1. The SMILES string of the molecule is C=C=C(COC(C)=O)Cc1ccccc1. The second-order valence-electron chi connectivity index (χ2n) is 3.22. The van der Waals surface area contributed by atoms with Gasteiger partial charge in [-0.2, -0.15) is 0 Å². The Morgan fingerprint density at radius 3 is 2.60 bits per heavy atom. The van der Waals surface area contributed by atoms with E-state index in [1.165, 1.54) is 6.92 Å². The molecule has 0 bridgehead atoms. The van der Waals surface area contributed by atoms with E-state index >= 15 is 0 Å². The number of esters is 1. The normalized spacial score (nSPS) is 9.13. The number of hydrogen-bond acceptors (Lipinski definition) is 2. The Bertz CT molecular complexity index is 373. The van der Waals surface area contributed by atoms with Crippen molar-refractivity contribution in [2.45, 2.75) is 13.3 Å². The van der Waals surface area contributed by atoms with Crippen LogP contribution in [0, 0.1) is 0 Å². The van der Waals surface area contributed by atoms with E-state index in [0.717, 1.165) is 17.6 Å². The highest BCUT2D eigenvalue weighted by molar-refractivity contribution is 5.66. The summed E-state index contributed by atoms with van der Waals surface area (Å²) in [6, 6.07) is 9.95. The van der Waals surface area contributed by atoms with Gasteiger partial charge in [0.2, 0.25) is 0 Å². The highest BCUT2D eigenvalue weighted by Gasteiger charge is 2.00. The zero-order valence-corrected chi connectivity index (χ0v) is 8.82. The van der Waals surface area contributed by atoms with Gasteiger partial charge in [0, 0.05) is 18.9 Å². The third kappa shape index (κ3) is 4.30. The Kier molecular flexibility index (Phi) is 4.39. The van der Waals surface area contributed by atoms with E-state index in [4.69, 9.17) is 4.74 Å². The Morgan fingerprint density at radius 2 is 2.07 bits per heavy atom. The van der Waals surface area contributed by atoms with Gasteiger partial charge in [0.05, 0.1) is 0 Å². The van der Waals surface area contributed by atoms with Crippen LogP contribution in [0.1, 0.15) is 12.5 Å². The first-order valence-corrected chi connectivity index (χ1v) is 4.77. The molecule has 0 heterocycles. The monoisotopic (exact) mass is 202 g/mol. The number of carbonyl (C=O) groups excluding carboxylic acids is 1. The van der Waals surface area contributed by atoms with Crippen LogP contribution in [0.4, 0.5) is 0 Å². The van der Waals surface area contributed by atoms with Gasteiger partial charge < -0.3 is 4.74 Å². The lowest BCUT2D eigenvalue weighted by Crippen LogP contribution is -2.04. The fourth-order valence-corrected chi connectivity index (χ4v) is 1.20. The van der Waals surface area contributed by atoms with Crippen molar-refractivity contribution in [1.82, 2.24) is 0 Å². The van der Waals surface area contributed by atoms with Crippen LogP contribution in [-0.4, -0.2) is 12.6 Å². The quantitative estimate of drug-likeness (QED) is 0.554. The fraction of sp³-hybridized carbons (Fsp3) is 0.231. The summed E-state index contributed by atoms with van der Waals surface area (Å²) < 4.78 is 4.89. The fourth-order valence-electron chi connectivity index (χ4n) is 1.20. The average molecular weight is 202 g/mol. The van der Waals surface area contributed by atoms with Crippen LogP contribution in [0.25, 0.3) is 0 Å². The van der Waals surface area contributed by atoms with Crippen molar-refractivity contribution in [2.24, 2.45) is 0 Å². The molecule has 1 rings (SSSR count). The van der Waals surface area contributed by atoms with E-state index in [-0.39, 0.29) is 12.6 Å². The second kappa shape index (κ2) is 5.84. The predicted octanol–water partition coefficient (Wildman–Crippen LogP) is 2.50. The topological polar surface area (TPSA) is 26.3 Å². The minimum absolute atomic E-state index is 0.272. The van der Waals surface area contributed by atoms with Gasteiger partial charge in [-0.1, -0.05) is 36.9 Å². The van der Waals surface area contributed by atoms with Gasteiger partial charge in [0.25, 0.3) is 0 Å². The van der Waals surface area contributed by atoms with E-state index in [0.29, 0.717) is 0 Å². The summed E-state index contributed by atoms with van der Waals surface area (Å²) in [4.78, 5) is 10.6. The van der Waals surface area contributed by atoms with Gasteiger partial charge in [-0.15, -0.1) is 5.73 Å². The Balaban J connectivity index is 2.56. The van der Waals surface area contributed by atoms with Crippen LogP contribution < -0.4 is 0 Å². The zero-order chi connectivity index (χ0) is 11.1. The number of hydrogen-bond donors (Lipinski definition) is 0. The minimum atomic E-state index is -0.282. The molecule has 0 aliphatic carbocycles. The van der Waals surface area contributed by atoms with E-state index in [1.807, 2.05) is 30.3 Å². The molecule has 0 saturated carbocycles. The van der Waals surface area contributed by atoms with Crippen molar-refractivity contribution in [3.05, 3.63) is 53.8 Å². The summed E-state index contributed by atoms with van der Waals surface area (Å²) in [5, 5.41) is 0. The molecule has 0 aliphatic rings. The molecule has 0 amide bonds. The van der Waals surface area contributed by atoms with Crippen LogP contribution in [0.3, 0.4) is 0 Å². The summed E-state index contributed by atoms with van der Waals surface area (Å²) in [5.41, 5.74) is 4.84. The zero-order valence-electron chi connectivity index (χ0n) is 8.82. The van der Waals surface area contributed by atoms with E-state index in [1.54, 1.807) is 0 Å². The van der Waals surface area contributed by atoms with Crippen LogP contribution in [0.15, 0.2) is 48.2 Å². The largest absolute Gasteiger partial charge is 0.461 e. The summed E-state index contributed by atoms with van der Waals surface area (Å²) in [6.45, 7) is 5.25. The molecule has 2 nitrogen and oxygen atoms in total. The van der Waals surface area contributed by atoms with Crippen molar-refractivity contribution < 1.29 is 9.53 Å². The van der Waals surface area contributed by atoms with Crippen LogP contribution in [0.5, 0.6) is 0 Å². The first kappa shape index (κ1) is 11.3. The Morgan fingerprint density at radius 1 is 1.40 bits per heavy atom. The van der Waals surface area contributed by atoms with Crippen molar-refractivity contribution in [3.63, 3.8) is 0 Å². The van der Waals surface area contributed by atoms with Crippen molar-refractivity contribution in [2.75, 3.05) is 6.61 Å². The summed E-state index contributed by atoms with van der Waals surface area (Å²) >= 11 is 0. The molecule has 1 aromatic carbocycles. The molecule has 0 atom stereocenters. The van der Waals surface area contributed by atoms with E-state index in [9.17, 15) is 4.79 Å². The highest BCUT2D eigenvalue weighted by Crippen LogP contribution is 2.07. The first-order chi connectivity index (χ1) is 7.22. The predicted molar refractivity (Wildman–Crippen MR) is 59.4 cm³/mol. The van der Waals surface area contributed by atoms with Crippen molar-refractivity contribution in [3.8, 4) is 0 Å². The molecular weight excluding hydrogens is 188 g/mol. The van der Waals surface area contributed by atoms with Gasteiger partial charge in [-0.25, -0.2) is 0 Å². The number of ether oxygens (including phenoxy) is 1. The molecule has 78 valence electrons. The van der Waals surface area contributed by atoms with E-state index < -0.39 is 0 Å². The van der Waals surface area contributed by atoms with Gasteiger partial charge in [-0.05, 0) is 5.56 Å². The molecule has 0 aliphatic heterocycles. The molecular formula is C13H14O2. The molecule has 0 aromatic heterocycles. The van der Waals surface area contributed by atoms with Gasteiger partial charge in [-0.3, -0.25) is 4.79 Å². The Labute approximate surface area is 89.9 Å². The minimum Gasteiger partial charge on any atom is -0.461 e. The molecule has 1 aromatic rings. The lowest BCUT2D eigenvalue weighted by molar-refractivity contribution is -0.140. The molecule has 0 N–H and O–H groups in total. The third-order valence-corrected chi connectivity index (χ3v) is 1.96. The third-order valence-electron chi connectivity index (χ3n) is 1.96. The number of benzene rings is 1. The molecule has 0 spiro atoms. The molecule has 0 fully saturated rings. The van der Waals surface area contributed by atoms with Gasteiger partial charge in [0.1, 0.15) is 6.61 Å². The average Bonchev–Trinajstić information content (AvgIpc) is 2.25. The maximum atomic E-state index is 10.6. The van der Waals surface area contributed by atoms with Gasteiger partial charge in [0.15, 0.2) is 0 Å². The van der Waals surface area contributed by atoms with E-state index in [2.05, 4.69) is 12.3 Å². The summed E-state index contributed by atoms with van der Waals surface area (Å²) in [7, 11) is 0. The summed E-state index contributed by atoms with van der Waals surface area (Å²) in [5.74, 6) is -0.282. The lowest BCUT2D eigenvalue weighted by Gasteiger charge is -2.05. The molecule has 0 unspecified atom stereocenters. The number of rotatable bonds is 4. The van der Waals surface area contributed by atoms with Gasteiger partial charge >= 0.3 is 5.97 Å². The molecule has 0 radical (unpaired) electrons. The Hall–Kier alpha value is -1.79. The molecule has 2 heteroatoms. The number of carbonyl (C=O) groups is 1.